The van der Waals surface area contributed by atoms with E-state index in [9.17, 15) is 0 Å². The van der Waals surface area contributed by atoms with Gasteiger partial charge in [0.25, 0.3) is 5.89 Å². The number of hydrogen-bond acceptors (Lipinski definition) is 6. The van der Waals surface area contributed by atoms with Gasteiger partial charge in [0.05, 0.1) is 12.5 Å². The Labute approximate surface area is 177 Å². The summed E-state index contributed by atoms with van der Waals surface area (Å²) < 4.78 is 7.84. The molecule has 30 heavy (non-hydrogen) atoms. The largest absolute Gasteiger partial charge is 0.419 e. The summed E-state index contributed by atoms with van der Waals surface area (Å²) in [6, 6.07) is 5.97. The summed E-state index contributed by atoms with van der Waals surface area (Å²) >= 11 is 0. The predicted molar refractivity (Wildman–Crippen MR) is 117 cm³/mol. The molecule has 0 spiro atoms. The van der Waals surface area contributed by atoms with Crippen molar-refractivity contribution in [2.75, 3.05) is 11.9 Å². The number of hydrogen-bond donors (Lipinski definition) is 1. The second-order valence-corrected chi connectivity index (χ2v) is 8.61. The van der Waals surface area contributed by atoms with Crippen molar-refractivity contribution in [3.05, 3.63) is 54.5 Å². The van der Waals surface area contributed by atoms with Gasteiger partial charge >= 0.3 is 0 Å². The first-order valence-electron chi connectivity index (χ1n) is 10.6. The highest BCUT2D eigenvalue weighted by Gasteiger charge is 2.32. The summed E-state index contributed by atoms with van der Waals surface area (Å²) in [6.45, 7) is 7.76. The lowest BCUT2D eigenvalue weighted by atomic mass is 9.70. The third kappa shape index (κ3) is 4.45. The molecule has 3 aromatic heterocycles. The topological polar surface area (TPSA) is 81.7 Å². The Morgan fingerprint density at radius 3 is 2.83 bits per heavy atom. The molecule has 0 aromatic carbocycles. The molecule has 7 nitrogen and oxygen atoms in total. The quantitative estimate of drug-likeness (QED) is 0.587. The molecule has 3 unspecified atom stereocenters. The van der Waals surface area contributed by atoms with Gasteiger partial charge in [0.2, 0.25) is 5.89 Å². The zero-order chi connectivity index (χ0) is 21.1. The molecular formula is C23H30N6O. The van der Waals surface area contributed by atoms with Crippen molar-refractivity contribution in [2.24, 2.45) is 30.7 Å². The number of nitrogens with zero attached hydrogens (tertiary/aromatic N) is 5. The molecule has 158 valence electrons. The van der Waals surface area contributed by atoms with Gasteiger partial charge in [-0.3, -0.25) is 0 Å². The van der Waals surface area contributed by atoms with Crippen molar-refractivity contribution in [2.45, 2.75) is 33.6 Å². The highest BCUT2D eigenvalue weighted by atomic mass is 16.4. The molecule has 0 saturated carbocycles. The van der Waals surface area contributed by atoms with Gasteiger partial charge in [-0.15, -0.1) is 10.2 Å². The molecule has 3 aromatic rings. The smallest absolute Gasteiger partial charge is 0.265 e. The number of allylic oxidation sites excluding steroid dienone is 1. The van der Waals surface area contributed by atoms with Gasteiger partial charge in [0.15, 0.2) is 0 Å². The Bertz CT molecular complexity index is 990. The van der Waals surface area contributed by atoms with Crippen LogP contribution in [0.15, 0.2) is 53.0 Å². The van der Waals surface area contributed by atoms with Crippen LogP contribution in [0.4, 0.5) is 5.82 Å². The SMILES string of the molecule is CC1=CC(CNc2ccccn2)C(C(C)C)CC1Cc1nnc(-c2cncn2C)o1. The Morgan fingerprint density at radius 1 is 1.27 bits per heavy atom. The standard InChI is InChI=1S/C23H30N6O/c1-15(2)19-10-17(11-22-27-28-23(30-22)20-13-24-14-29(20)4)16(3)9-18(19)12-26-21-7-5-6-8-25-21/h5-9,13-15,17-19H,10-12H2,1-4H3,(H,25,26). The van der Waals surface area contributed by atoms with Crippen LogP contribution in [0, 0.1) is 23.7 Å². The van der Waals surface area contributed by atoms with E-state index in [1.165, 1.54) is 5.57 Å². The molecule has 0 bridgehead atoms. The van der Waals surface area contributed by atoms with Gasteiger partial charge in [-0.1, -0.05) is 31.6 Å². The number of aromatic nitrogens is 5. The van der Waals surface area contributed by atoms with Gasteiger partial charge in [-0.25, -0.2) is 9.97 Å². The summed E-state index contributed by atoms with van der Waals surface area (Å²) in [7, 11) is 1.92. The van der Waals surface area contributed by atoms with Crippen molar-refractivity contribution in [3.63, 3.8) is 0 Å². The Kier molecular flexibility index (Phi) is 5.97. The van der Waals surface area contributed by atoms with Gasteiger partial charge in [0.1, 0.15) is 11.5 Å². The van der Waals surface area contributed by atoms with E-state index in [4.69, 9.17) is 4.42 Å². The van der Waals surface area contributed by atoms with Crippen LogP contribution in [-0.4, -0.2) is 31.3 Å². The number of aryl methyl sites for hydroxylation is 1. The fraction of sp³-hybridized carbons (Fsp3) is 0.478. The minimum Gasteiger partial charge on any atom is -0.419 e. The molecule has 4 rings (SSSR count). The molecule has 1 aliphatic carbocycles. The second-order valence-electron chi connectivity index (χ2n) is 8.61. The van der Waals surface area contributed by atoms with E-state index in [-0.39, 0.29) is 0 Å². The Morgan fingerprint density at radius 2 is 2.13 bits per heavy atom. The molecule has 0 aliphatic heterocycles. The molecule has 0 saturated heterocycles. The highest BCUT2D eigenvalue weighted by Crippen LogP contribution is 2.39. The van der Waals surface area contributed by atoms with Gasteiger partial charge in [-0.05, 0) is 49.1 Å². The Balaban J connectivity index is 1.46. The summed E-state index contributed by atoms with van der Waals surface area (Å²) in [6.07, 6.45) is 9.64. The summed E-state index contributed by atoms with van der Waals surface area (Å²) in [5.41, 5.74) is 2.24. The molecule has 1 N–H and O–H groups in total. The molecule has 3 atom stereocenters. The second kappa shape index (κ2) is 8.81. The van der Waals surface area contributed by atoms with Crippen LogP contribution in [0.1, 0.15) is 33.1 Å². The number of nitrogens with one attached hydrogen (secondary N) is 1. The van der Waals surface area contributed by atoms with Crippen LogP contribution in [0.2, 0.25) is 0 Å². The van der Waals surface area contributed by atoms with E-state index in [0.717, 1.165) is 30.9 Å². The maximum atomic E-state index is 5.96. The van der Waals surface area contributed by atoms with Crippen LogP contribution in [-0.2, 0) is 13.5 Å². The summed E-state index contributed by atoms with van der Waals surface area (Å²) in [5.74, 6) is 4.24. The number of anilines is 1. The summed E-state index contributed by atoms with van der Waals surface area (Å²) in [5, 5.41) is 12.0. The van der Waals surface area contributed by atoms with Gasteiger partial charge in [0, 0.05) is 26.2 Å². The molecule has 3 heterocycles. The van der Waals surface area contributed by atoms with Crippen molar-refractivity contribution < 1.29 is 4.42 Å². The lowest BCUT2D eigenvalue weighted by molar-refractivity contribution is 0.229. The monoisotopic (exact) mass is 406 g/mol. The maximum Gasteiger partial charge on any atom is 0.265 e. The van der Waals surface area contributed by atoms with Gasteiger partial charge < -0.3 is 14.3 Å². The highest BCUT2D eigenvalue weighted by molar-refractivity contribution is 5.44. The lowest BCUT2D eigenvalue weighted by Gasteiger charge is -2.37. The number of pyridine rings is 1. The van der Waals surface area contributed by atoms with Crippen molar-refractivity contribution in [1.82, 2.24) is 24.7 Å². The predicted octanol–water partition coefficient (Wildman–Crippen LogP) is 4.37. The Hall–Kier alpha value is -2.96. The van der Waals surface area contributed by atoms with Crippen LogP contribution in [0.5, 0.6) is 0 Å². The molecule has 0 radical (unpaired) electrons. The first-order chi connectivity index (χ1) is 14.5. The molecule has 0 amide bonds. The van der Waals surface area contributed by atoms with E-state index in [0.29, 0.717) is 35.5 Å². The van der Waals surface area contributed by atoms with E-state index in [1.807, 2.05) is 36.0 Å². The van der Waals surface area contributed by atoms with Crippen molar-refractivity contribution in [1.29, 1.82) is 0 Å². The minimum absolute atomic E-state index is 0.420. The fourth-order valence-corrected chi connectivity index (χ4v) is 4.41. The van der Waals surface area contributed by atoms with Crippen LogP contribution in [0.25, 0.3) is 11.6 Å². The van der Waals surface area contributed by atoms with Crippen LogP contribution >= 0.6 is 0 Å². The first-order valence-corrected chi connectivity index (χ1v) is 10.6. The molecule has 1 aliphatic rings. The molecular weight excluding hydrogens is 376 g/mol. The maximum absolute atomic E-state index is 5.96. The minimum atomic E-state index is 0.420. The third-order valence-corrected chi connectivity index (χ3v) is 6.19. The van der Waals surface area contributed by atoms with E-state index in [2.05, 4.69) is 52.3 Å². The van der Waals surface area contributed by atoms with E-state index in [1.54, 1.807) is 12.5 Å². The van der Waals surface area contributed by atoms with Crippen LogP contribution < -0.4 is 5.32 Å². The number of imidazole rings is 1. The molecule has 0 fully saturated rings. The van der Waals surface area contributed by atoms with E-state index >= 15 is 0 Å². The summed E-state index contributed by atoms with van der Waals surface area (Å²) in [4.78, 5) is 8.51. The third-order valence-electron chi connectivity index (χ3n) is 6.19. The average molecular weight is 407 g/mol. The van der Waals surface area contributed by atoms with Gasteiger partial charge in [-0.2, -0.15) is 0 Å². The zero-order valence-electron chi connectivity index (χ0n) is 18.1. The van der Waals surface area contributed by atoms with E-state index < -0.39 is 0 Å². The fourth-order valence-electron chi connectivity index (χ4n) is 4.41. The lowest BCUT2D eigenvalue weighted by Crippen LogP contribution is -2.32. The average Bonchev–Trinajstić information content (AvgIpc) is 3.37. The first kappa shape index (κ1) is 20.3. The number of rotatable bonds is 7. The molecule has 7 heteroatoms. The zero-order valence-corrected chi connectivity index (χ0v) is 18.1. The van der Waals surface area contributed by atoms with Crippen LogP contribution in [0.3, 0.4) is 0 Å². The van der Waals surface area contributed by atoms with Crippen molar-refractivity contribution in [3.8, 4) is 11.6 Å². The normalized spacial score (nSPS) is 21.6. The van der Waals surface area contributed by atoms with Crippen molar-refractivity contribution >= 4 is 5.82 Å².